The van der Waals surface area contributed by atoms with Gasteiger partial charge < -0.3 is 28.4 Å². The first-order valence-corrected chi connectivity index (χ1v) is 13.6. The molecular formula is C33H34O10. The van der Waals surface area contributed by atoms with E-state index < -0.39 is 17.9 Å². The SMILES string of the molecule is C=C(C)C(=O)OCCCOc1ccc(C(=O)Oc2ccc(OC(=O)c3ccc(OCCCOC(C)=O)cc3)cc2C)cc1. The standard InChI is InChI=1S/C33H34O10/c1-22(2)31(35)41-20-6-19-40-28-13-9-26(10-14-28)33(37)43-30-16-15-29(21-23(30)3)42-32(36)25-7-11-27(12-8-25)39-18-5-17-38-24(4)34/h7-16,21H,1,5-6,17-20H2,2-4H3. The van der Waals surface area contributed by atoms with Crippen molar-refractivity contribution in [3.63, 3.8) is 0 Å². The lowest BCUT2D eigenvalue weighted by Gasteiger charge is -2.11. The molecule has 0 saturated heterocycles. The lowest BCUT2D eigenvalue weighted by Crippen LogP contribution is -2.11. The Kier molecular flexibility index (Phi) is 12.3. The fourth-order valence-electron chi connectivity index (χ4n) is 3.50. The second-order valence-corrected chi connectivity index (χ2v) is 9.42. The molecule has 0 saturated carbocycles. The van der Waals surface area contributed by atoms with Crippen LogP contribution in [0.2, 0.25) is 0 Å². The summed E-state index contributed by atoms with van der Waals surface area (Å²) in [6.45, 7) is 9.39. The molecule has 0 aliphatic carbocycles. The largest absolute Gasteiger partial charge is 0.493 e. The van der Waals surface area contributed by atoms with E-state index in [4.69, 9.17) is 28.4 Å². The lowest BCUT2D eigenvalue weighted by atomic mass is 10.2. The summed E-state index contributed by atoms with van der Waals surface area (Å²) < 4.78 is 32.0. The molecule has 0 unspecified atom stereocenters. The van der Waals surface area contributed by atoms with E-state index in [-0.39, 0.29) is 19.2 Å². The molecule has 0 aliphatic rings. The Bertz CT molecular complexity index is 1430. The van der Waals surface area contributed by atoms with Gasteiger partial charge in [-0.05, 0) is 86.1 Å². The van der Waals surface area contributed by atoms with E-state index in [0.717, 1.165) is 0 Å². The molecule has 0 bridgehead atoms. The number of carbonyl (C=O) groups excluding carboxylic acids is 4. The average Bonchev–Trinajstić information content (AvgIpc) is 2.98. The summed E-state index contributed by atoms with van der Waals surface area (Å²) in [4.78, 5) is 47.4. The number of rotatable bonds is 15. The van der Waals surface area contributed by atoms with E-state index in [1.807, 2.05) is 0 Å². The third kappa shape index (κ3) is 11.0. The Morgan fingerprint density at radius 1 is 0.628 bits per heavy atom. The summed E-state index contributed by atoms with van der Waals surface area (Å²) >= 11 is 0. The first-order valence-electron chi connectivity index (χ1n) is 13.6. The summed E-state index contributed by atoms with van der Waals surface area (Å²) in [5.74, 6) is -0.133. The molecule has 0 fully saturated rings. The molecule has 43 heavy (non-hydrogen) atoms. The third-order valence-electron chi connectivity index (χ3n) is 5.74. The van der Waals surface area contributed by atoms with Crippen molar-refractivity contribution in [1.29, 1.82) is 0 Å². The lowest BCUT2D eigenvalue weighted by molar-refractivity contribution is -0.141. The maximum Gasteiger partial charge on any atom is 0.343 e. The van der Waals surface area contributed by atoms with Gasteiger partial charge in [0, 0.05) is 25.3 Å². The van der Waals surface area contributed by atoms with Crippen molar-refractivity contribution in [3.05, 3.63) is 95.6 Å². The normalized spacial score (nSPS) is 10.3. The number of hydrogen-bond acceptors (Lipinski definition) is 10. The highest BCUT2D eigenvalue weighted by atomic mass is 16.5. The molecule has 10 nitrogen and oxygen atoms in total. The van der Waals surface area contributed by atoms with Gasteiger partial charge in [-0.3, -0.25) is 4.79 Å². The highest BCUT2D eigenvalue weighted by Crippen LogP contribution is 2.26. The van der Waals surface area contributed by atoms with Crippen LogP contribution < -0.4 is 18.9 Å². The summed E-state index contributed by atoms with van der Waals surface area (Å²) in [6.07, 6.45) is 1.06. The van der Waals surface area contributed by atoms with Gasteiger partial charge >= 0.3 is 23.9 Å². The predicted octanol–water partition coefficient (Wildman–Crippen LogP) is 5.65. The van der Waals surface area contributed by atoms with Gasteiger partial charge in [0.2, 0.25) is 0 Å². The number of carbonyl (C=O) groups is 4. The van der Waals surface area contributed by atoms with Crippen LogP contribution in [0.15, 0.2) is 78.9 Å². The number of benzene rings is 3. The Morgan fingerprint density at radius 3 is 1.60 bits per heavy atom. The first-order chi connectivity index (χ1) is 20.6. The predicted molar refractivity (Wildman–Crippen MR) is 157 cm³/mol. The highest BCUT2D eigenvalue weighted by molar-refractivity contribution is 5.92. The maximum absolute atomic E-state index is 12.7. The van der Waals surface area contributed by atoms with Crippen molar-refractivity contribution in [1.82, 2.24) is 0 Å². The molecule has 226 valence electrons. The van der Waals surface area contributed by atoms with Gasteiger partial charge in [0.15, 0.2) is 0 Å². The minimum absolute atomic E-state index is 0.220. The van der Waals surface area contributed by atoms with Crippen LogP contribution in [-0.2, 0) is 19.1 Å². The molecule has 0 radical (unpaired) electrons. The molecule has 0 heterocycles. The smallest absolute Gasteiger partial charge is 0.343 e. The van der Waals surface area contributed by atoms with Gasteiger partial charge in [-0.2, -0.15) is 0 Å². The quantitative estimate of drug-likeness (QED) is 0.0949. The van der Waals surface area contributed by atoms with Crippen molar-refractivity contribution >= 4 is 23.9 Å². The highest BCUT2D eigenvalue weighted by Gasteiger charge is 2.14. The topological polar surface area (TPSA) is 124 Å². The van der Waals surface area contributed by atoms with Crippen molar-refractivity contribution in [2.45, 2.75) is 33.6 Å². The van der Waals surface area contributed by atoms with E-state index in [2.05, 4.69) is 6.58 Å². The van der Waals surface area contributed by atoms with Gasteiger partial charge in [0.25, 0.3) is 0 Å². The molecule has 3 aromatic carbocycles. The first kappa shape index (κ1) is 32.4. The van der Waals surface area contributed by atoms with E-state index in [0.29, 0.717) is 71.3 Å². The van der Waals surface area contributed by atoms with Gasteiger partial charge in [-0.25, -0.2) is 14.4 Å². The molecule has 0 aromatic heterocycles. The molecule has 0 aliphatic heterocycles. The van der Waals surface area contributed by atoms with E-state index >= 15 is 0 Å². The summed E-state index contributed by atoms with van der Waals surface area (Å²) in [5.41, 5.74) is 1.60. The van der Waals surface area contributed by atoms with E-state index in [9.17, 15) is 19.2 Å². The number of aryl methyl sites for hydroxylation is 1. The van der Waals surface area contributed by atoms with Crippen molar-refractivity contribution in [2.24, 2.45) is 0 Å². The van der Waals surface area contributed by atoms with E-state index in [1.54, 1.807) is 80.6 Å². The van der Waals surface area contributed by atoms with Gasteiger partial charge in [-0.15, -0.1) is 0 Å². The molecule has 3 rings (SSSR count). The zero-order valence-corrected chi connectivity index (χ0v) is 24.4. The average molecular weight is 591 g/mol. The van der Waals surface area contributed by atoms with Crippen molar-refractivity contribution in [2.75, 3.05) is 26.4 Å². The van der Waals surface area contributed by atoms with E-state index in [1.165, 1.54) is 6.92 Å². The molecule has 10 heteroatoms. The van der Waals surface area contributed by atoms with Crippen LogP contribution in [-0.4, -0.2) is 50.3 Å². The van der Waals surface area contributed by atoms with Crippen molar-refractivity contribution in [3.8, 4) is 23.0 Å². The van der Waals surface area contributed by atoms with Crippen LogP contribution in [0.25, 0.3) is 0 Å². The van der Waals surface area contributed by atoms with Gasteiger partial charge in [0.05, 0.1) is 37.6 Å². The summed E-state index contributed by atoms with van der Waals surface area (Å²) in [7, 11) is 0. The monoisotopic (exact) mass is 590 g/mol. The summed E-state index contributed by atoms with van der Waals surface area (Å²) in [6, 6.07) is 17.7. The minimum Gasteiger partial charge on any atom is -0.493 e. The van der Waals surface area contributed by atoms with Crippen LogP contribution in [0.1, 0.15) is 53.0 Å². The fourth-order valence-corrected chi connectivity index (χ4v) is 3.50. The third-order valence-corrected chi connectivity index (χ3v) is 5.74. The second kappa shape index (κ2) is 16.4. The second-order valence-electron chi connectivity index (χ2n) is 9.42. The Hall–Kier alpha value is -5.12. The van der Waals surface area contributed by atoms with Gasteiger partial charge in [0.1, 0.15) is 23.0 Å². The zero-order chi connectivity index (χ0) is 31.2. The molecule has 3 aromatic rings. The van der Waals surface area contributed by atoms with Crippen LogP contribution in [0.3, 0.4) is 0 Å². The summed E-state index contributed by atoms with van der Waals surface area (Å²) in [5, 5.41) is 0. The fraction of sp³-hybridized carbons (Fsp3) is 0.273. The molecule has 0 amide bonds. The molecular weight excluding hydrogens is 556 g/mol. The van der Waals surface area contributed by atoms with Gasteiger partial charge in [-0.1, -0.05) is 6.58 Å². The Morgan fingerprint density at radius 2 is 1.12 bits per heavy atom. The van der Waals surface area contributed by atoms with Crippen LogP contribution >= 0.6 is 0 Å². The van der Waals surface area contributed by atoms with Crippen molar-refractivity contribution < 1.29 is 47.6 Å². The molecule has 0 spiro atoms. The van der Waals surface area contributed by atoms with Crippen LogP contribution in [0, 0.1) is 6.92 Å². The van der Waals surface area contributed by atoms with Crippen LogP contribution in [0.5, 0.6) is 23.0 Å². The number of ether oxygens (including phenoxy) is 6. The number of esters is 4. The minimum atomic E-state index is -0.556. The van der Waals surface area contributed by atoms with Crippen LogP contribution in [0.4, 0.5) is 0 Å². The maximum atomic E-state index is 12.7. The zero-order valence-electron chi connectivity index (χ0n) is 24.4. The number of hydrogen-bond donors (Lipinski definition) is 0. The Labute approximate surface area is 250 Å². The molecule has 0 atom stereocenters. The molecule has 0 N–H and O–H groups in total. The Balaban J connectivity index is 1.45.